The van der Waals surface area contributed by atoms with E-state index < -0.39 is 10.8 Å². The molecule has 27 heavy (non-hydrogen) atoms. The van der Waals surface area contributed by atoms with Gasteiger partial charge in [-0.3, -0.25) is 20.2 Å². The highest BCUT2D eigenvalue weighted by molar-refractivity contribution is 7.15. The Morgan fingerprint density at radius 1 is 1.37 bits per heavy atom. The standard InChI is InChI=1S/C17H12N6O3S/c1-11-20-21-17(27-11)19-16(24)12(10-18)8-13-6-3-7-22(13)14-4-2-5-15(9-14)23(25)26/h2-9H,1H3,(H,19,21,24). The summed E-state index contributed by atoms with van der Waals surface area (Å²) in [7, 11) is 0. The van der Waals surface area contributed by atoms with Crippen LogP contribution < -0.4 is 5.32 Å². The molecular weight excluding hydrogens is 368 g/mol. The third kappa shape index (κ3) is 4.05. The molecule has 0 unspecified atom stereocenters. The summed E-state index contributed by atoms with van der Waals surface area (Å²) >= 11 is 1.20. The van der Waals surface area contributed by atoms with Crippen LogP contribution in [0.1, 0.15) is 10.7 Å². The molecule has 0 atom stereocenters. The van der Waals surface area contributed by atoms with Gasteiger partial charge < -0.3 is 4.57 Å². The SMILES string of the molecule is Cc1nnc(NC(=O)C(C#N)=Cc2cccn2-c2cccc([N+](=O)[O-])c2)s1. The topological polar surface area (TPSA) is 127 Å². The lowest BCUT2D eigenvalue weighted by Crippen LogP contribution is -2.13. The number of non-ortho nitro benzene ring substituents is 1. The maximum Gasteiger partial charge on any atom is 0.271 e. The van der Waals surface area contributed by atoms with Crippen LogP contribution in [0, 0.1) is 28.4 Å². The number of anilines is 1. The van der Waals surface area contributed by atoms with Crippen molar-refractivity contribution in [2.75, 3.05) is 5.32 Å². The van der Waals surface area contributed by atoms with Crippen molar-refractivity contribution in [2.24, 2.45) is 0 Å². The Morgan fingerprint density at radius 2 is 2.19 bits per heavy atom. The molecular formula is C17H12N6O3S. The van der Waals surface area contributed by atoms with E-state index in [4.69, 9.17) is 0 Å². The molecule has 2 heterocycles. The minimum Gasteiger partial charge on any atom is -0.317 e. The molecule has 134 valence electrons. The monoisotopic (exact) mass is 380 g/mol. The second kappa shape index (κ2) is 7.59. The highest BCUT2D eigenvalue weighted by Crippen LogP contribution is 2.21. The van der Waals surface area contributed by atoms with Crippen molar-refractivity contribution >= 4 is 34.1 Å². The smallest absolute Gasteiger partial charge is 0.271 e. The zero-order chi connectivity index (χ0) is 19.4. The average Bonchev–Trinajstić information content (AvgIpc) is 3.28. The Kier molecular flexibility index (Phi) is 5.05. The van der Waals surface area contributed by atoms with Crippen LogP contribution in [0.2, 0.25) is 0 Å². The normalized spacial score (nSPS) is 11.0. The van der Waals surface area contributed by atoms with Gasteiger partial charge in [0, 0.05) is 24.0 Å². The number of rotatable bonds is 5. The number of aryl methyl sites for hydroxylation is 1. The van der Waals surface area contributed by atoms with Crippen LogP contribution >= 0.6 is 11.3 Å². The number of benzene rings is 1. The lowest BCUT2D eigenvalue weighted by molar-refractivity contribution is -0.384. The second-order valence-electron chi connectivity index (χ2n) is 5.33. The maximum absolute atomic E-state index is 12.3. The minimum absolute atomic E-state index is 0.0546. The second-order valence-corrected chi connectivity index (χ2v) is 6.51. The molecule has 2 aromatic heterocycles. The first kappa shape index (κ1) is 18.0. The zero-order valence-electron chi connectivity index (χ0n) is 14.0. The summed E-state index contributed by atoms with van der Waals surface area (Å²) in [4.78, 5) is 22.8. The number of nitrogens with one attached hydrogen (secondary N) is 1. The van der Waals surface area contributed by atoms with E-state index in [2.05, 4.69) is 15.5 Å². The van der Waals surface area contributed by atoms with E-state index in [0.717, 1.165) is 0 Å². The summed E-state index contributed by atoms with van der Waals surface area (Å²) in [6.45, 7) is 1.75. The summed E-state index contributed by atoms with van der Waals surface area (Å²) in [6, 6.07) is 11.3. The van der Waals surface area contributed by atoms with Gasteiger partial charge in [-0.2, -0.15) is 5.26 Å². The summed E-state index contributed by atoms with van der Waals surface area (Å²) in [5, 5.41) is 31.4. The molecule has 0 aliphatic rings. The third-order valence-corrected chi connectivity index (χ3v) is 4.26. The van der Waals surface area contributed by atoms with Gasteiger partial charge in [-0.25, -0.2) is 0 Å². The van der Waals surface area contributed by atoms with Crippen molar-refractivity contribution in [1.82, 2.24) is 14.8 Å². The van der Waals surface area contributed by atoms with Crippen LogP contribution in [0.5, 0.6) is 0 Å². The zero-order valence-corrected chi connectivity index (χ0v) is 14.8. The Bertz CT molecular complexity index is 1090. The largest absolute Gasteiger partial charge is 0.317 e. The van der Waals surface area contributed by atoms with Crippen LogP contribution in [-0.2, 0) is 4.79 Å². The number of hydrogen-bond acceptors (Lipinski definition) is 7. The molecule has 1 N–H and O–H groups in total. The fourth-order valence-electron chi connectivity index (χ4n) is 2.31. The molecule has 0 saturated heterocycles. The highest BCUT2D eigenvalue weighted by atomic mass is 32.1. The van der Waals surface area contributed by atoms with Gasteiger partial charge in [0.05, 0.1) is 10.6 Å². The number of nitriles is 1. The number of hydrogen-bond donors (Lipinski definition) is 1. The van der Waals surface area contributed by atoms with Crippen LogP contribution in [0.25, 0.3) is 11.8 Å². The van der Waals surface area contributed by atoms with Gasteiger partial charge >= 0.3 is 0 Å². The number of nitro benzene ring substituents is 1. The van der Waals surface area contributed by atoms with E-state index in [-0.39, 0.29) is 11.3 Å². The van der Waals surface area contributed by atoms with Crippen molar-refractivity contribution < 1.29 is 9.72 Å². The van der Waals surface area contributed by atoms with Crippen LogP contribution in [0.4, 0.5) is 10.8 Å². The van der Waals surface area contributed by atoms with Gasteiger partial charge in [0.1, 0.15) is 16.6 Å². The number of nitrogens with zero attached hydrogens (tertiary/aromatic N) is 5. The van der Waals surface area contributed by atoms with Crippen LogP contribution in [0.3, 0.4) is 0 Å². The highest BCUT2D eigenvalue weighted by Gasteiger charge is 2.14. The van der Waals surface area contributed by atoms with Crippen molar-refractivity contribution in [2.45, 2.75) is 6.92 Å². The van der Waals surface area contributed by atoms with Gasteiger partial charge in [0.25, 0.3) is 11.6 Å². The van der Waals surface area contributed by atoms with Crippen LogP contribution in [-0.4, -0.2) is 25.6 Å². The number of carbonyl (C=O) groups is 1. The quantitative estimate of drug-likeness (QED) is 0.314. The summed E-state index contributed by atoms with van der Waals surface area (Å²) < 4.78 is 1.65. The molecule has 0 bridgehead atoms. The number of nitro groups is 1. The van der Waals surface area contributed by atoms with Gasteiger partial charge in [-0.1, -0.05) is 17.4 Å². The van der Waals surface area contributed by atoms with E-state index in [0.29, 0.717) is 21.5 Å². The molecule has 3 rings (SSSR count). The number of aromatic nitrogens is 3. The van der Waals surface area contributed by atoms with Crippen LogP contribution in [0.15, 0.2) is 48.2 Å². The average molecular weight is 380 g/mol. The van der Waals surface area contributed by atoms with Crippen molar-refractivity contribution in [3.8, 4) is 11.8 Å². The Labute approximate surface area is 157 Å². The fourth-order valence-corrected chi connectivity index (χ4v) is 2.90. The van der Waals surface area contributed by atoms with Gasteiger partial charge in [-0.15, -0.1) is 10.2 Å². The fraction of sp³-hybridized carbons (Fsp3) is 0.0588. The Morgan fingerprint density at radius 3 is 2.85 bits per heavy atom. The molecule has 0 aliphatic carbocycles. The Hall–Kier alpha value is -3.84. The lowest BCUT2D eigenvalue weighted by atomic mass is 10.2. The van der Waals surface area contributed by atoms with Crippen molar-refractivity contribution in [1.29, 1.82) is 5.26 Å². The first-order chi connectivity index (χ1) is 13.0. The van der Waals surface area contributed by atoms with Gasteiger partial charge in [0.15, 0.2) is 0 Å². The molecule has 0 aliphatic heterocycles. The summed E-state index contributed by atoms with van der Waals surface area (Å²) in [6.07, 6.45) is 3.09. The lowest BCUT2D eigenvalue weighted by Gasteiger charge is -2.07. The first-order valence-electron chi connectivity index (χ1n) is 7.63. The maximum atomic E-state index is 12.3. The molecule has 1 amide bonds. The molecule has 1 aromatic carbocycles. The molecule has 3 aromatic rings. The van der Waals surface area contributed by atoms with E-state index in [9.17, 15) is 20.2 Å². The molecule has 0 radical (unpaired) electrons. The minimum atomic E-state index is -0.611. The predicted molar refractivity (Wildman–Crippen MR) is 99.3 cm³/mol. The summed E-state index contributed by atoms with van der Waals surface area (Å²) in [5.74, 6) is -0.611. The Balaban J connectivity index is 1.91. The van der Waals surface area contributed by atoms with Crippen molar-refractivity contribution in [3.63, 3.8) is 0 Å². The molecule has 0 saturated carbocycles. The van der Waals surface area contributed by atoms with Gasteiger partial charge in [-0.05, 0) is 31.2 Å². The van der Waals surface area contributed by atoms with E-state index in [1.165, 1.54) is 29.5 Å². The number of amides is 1. The third-order valence-electron chi connectivity index (χ3n) is 3.50. The molecule has 0 spiro atoms. The molecule has 10 heteroatoms. The summed E-state index contributed by atoms with van der Waals surface area (Å²) in [5.41, 5.74) is 0.878. The van der Waals surface area contributed by atoms with E-state index >= 15 is 0 Å². The molecule has 0 fully saturated rings. The van der Waals surface area contributed by atoms with Gasteiger partial charge in [0.2, 0.25) is 5.13 Å². The van der Waals surface area contributed by atoms with Crippen molar-refractivity contribution in [3.05, 3.63) is 69.0 Å². The molecule has 9 nitrogen and oxygen atoms in total. The van der Waals surface area contributed by atoms with E-state index in [1.54, 1.807) is 42.0 Å². The predicted octanol–water partition coefficient (Wildman–Crippen LogP) is 3.09. The number of carbonyl (C=O) groups excluding carboxylic acids is 1. The van der Waals surface area contributed by atoms with E-state index in [1.807, 2.05) is 6.07 Å². The first-order valence-corrected chi connectivity index (χ1v) is 8.45.